The molecule has 3 aromatic rings. The van der Waals surface area contributed by atoms with Crippen molar-refractivity contribution < 1.29 is 14.4 Å². The Morgan fingerprint density at radius 1 is 0.933 bits per heavy atom. The van der Waals surface area contributed by atoms with Crippen LogP contribution in [0, 0.1) is 0 Å². The number of rotatable bonds is 7. The van der Waals surface area contributed by atoms with Gasteiger partial charge in [0.15, 0.2) is 0 Å². The maximum Gasteiger partial charge on any atom is 0.292 e. The van der Waals surface area contributed by atoms with E-state index in [0.29, 0.717) is 29.5 Å². The van der Waals surface area contributed by atoms with E-state index in [4.69, 9.17) is 5.73 Å². The Morgan fingerprint density at radius 3 is 2.40 bits per heavy atom. The maximum absolute atomic E-state index is 12.7. The molecule has 6 nitrogen and oxygen atoms in total. The highest BCUT2D eigenvalue weighted by atomic mass is 79.9. The van der Waals surface area contributed by atoms with E-state index in [-0.39, 0.29) is 29.6 Å². The molecule has 0 saturated heterocycles. The van der Waals surface area contributed by atoms with Crippen LogP contribution in [0.25, 0.3) is 10.8 Å². The first kappa shape index (κ1) is 23.5. The molecule has 8 heteroatoms. The first-order valence-corrected chi connectivity index (χ1v) is 9.91. The van der Waals surface area contributed by atoms with Crippen molar-refractivity contribution in [1.29, 1.82) is 0 Å². The summed E-state index contributed by atoms with van der Waals surface area (Å²) in [6.07, 6.45) is 0.572. The molecule has 0 aromatic heterocycles. The molecule has 0 unspecified atom stereocenters. The zero-order valence-electron chi connectivity index (χ0n) is 16.0. The van der Waals surface area contributed by atoms with Crippen LogP contribution in [0.1, 0.15) is 27.1 Å². The number of fused-ring (bicyclic) bond motifs is 1. The monoisotopic (exact) mass is 489 g/mol. The number of hydrogen-bond donors (Lipinski definition) is 3. The van der Waals surface area contributed by atoms with Crippen molar-refractivity contribution in [1.82, 2.24) is 5.32 Å². The van der Waals surface area contributed by atoms with Gasteiger partial charge in [0.05, 0.1) is 11.3 Å². The summed E-state index contributed by atoms with van der Waals surface area (Å²) in [5.74, 6) is -1.83. The van der Waals surface area contributed by atoms with Crippen LogP contribution < -0.4 is 16.4 Å². The van der Waals surface area contributed by atoms with Crippen molar-refractivity contribution in [2.75, 3.05) is 18.4 Å². The number of nitrogens with one attached hydrogen (secondary N) is 2. The fraction of sp³-hybridized carbons (Fsp3) is 0.136. The van der Waals surface area contributed by atoms with Crippen molar-refractivity contribution in [3.63, 3.8) is 0 Å². The summed E-state index contributed by atoms with van der Waals surface area (Å²) in [5, 5.41) is 7.24. The number of carbonyl (C=O) groups excluding carboxylic acids is 3. The standard InChI is InChI=1S/C22H20BrN3O3.ClH/c23-17-8-9-19(18(13-17)20(27)22(29)25-11-3-10-24)26-21(28)16-7-6-14-4-1-2-5-15(14)12-16;/h1-2,4-9,12-13H,3,10-11,24H2,(H,25,29)(H,26,28);1H. The third kappa shape index (κ3) is 5.66. The molecule has 156 valence electrons. The molecule has 0 fully saturated rings. The zero-order valence-corrected chi connectivity index (χ0v) is 18.4. The minimum atomic E-state index is -0.738. The van der Waals surface area contributed by atoms with E-state index in [1.807, 2.05) is 30.3 Å². The lowest BCUT2D eigenvalue weighted by Gasteiger charge is -2.12. The van der Waals surface area contributed by atoms with Gasteiger partial charge < -0.3 is 16.4 Å². The summed E-state index contributed by atoms with van der Waals surface area (Å²) < 4.78 is 0.624. The molecule has 30 heavy (non-hydrogen) atoms. The van der Waals surface area contributed by atoms with Gasteiger partial charge in [-0.2, -0.15) is 0 Å². The first-order chi connectivity index (χ1) is 14.0. The largest absolute Gasteiger partial charge is 0.349 e. The molecule has 0 radical (unpaired) electrons. The molecule has 0 heterocycles. The lowest BCUT2D eigenvalue weighted by molar-refractivity contribution is -0.117. The zero-order chi connectivity index (χ0) is 20.8. The van der Waals surface area contributed by atoms with Crippen LogP contribution in [-0.4, -0.2) is 30.7 Å². The van der Waals surface area contributed by atoms with Gasteiger partial charge in [-0.15, -0.1) is 12.4 Å². The number of ketones is 1. The Balaban J connectivity index is 0.00000320. The molecule has 0 atom stereocenters. The van der Waals surface area contributed by atoms with Gasteiger partial charge in [-0.3, -0.25) is 14.4 Å². The summed E-state index contributed by atoms with van der Waals surface area (Å²) >= 11 is 3.30. The molecule has 0 aliphatic heterocycles. The van der Waals surface area contributed by atoms with Crippen molar-refractivity contribution in [2.45, 2.75) is 6.42 Å². The fourth-order valence-electron chi connectivity index (χ4n) is 2.84. The highest BCUT2D eigenvalue weighted by molar-refractivity contribution is 9.10. The summed E-state index contributed by atoms with van der Waals surface area (Å²) in [7, 11) is 0. The molecular weight excluding hydrogens is 470 g/mol. The molecule has 2 amide bonds. The quantitative estimate of drug-likeness (QED) is 0.265. The Morgan fingerprint density at radius 2 is 1.67 bits per heavy atom. The van der Waals surface area contributed by atoms with Gasteiger partial charge in [-0.25, -0.2) is 0 Å². The molecule has 0 bridgehead atoms. The second kappa shape index (κ2) is 10.9. The summed E-state index contributed by atoms with van der Waals surface area (Å²) in [4.78, 5) is 37.5. The highest BCUT2D eigenvalue weighted by Gasteiger charge is 2.21. The topological polar surface area (TPSA) is 101 Å². The summed E-state index contributed by atoms with van der Waals surface area (Å²) in [6.45, 7) is 0.728. The molecule has 0 saturated carbocycles. The summed E-state index contributed by atoms with van der Waals surface area (Å²) in [6, 6.07) is 17.9. The van der Waals surface area contributed by atoms with Gasteiger partial charge in [0.25, 0.3) is 17.6 Å². The number of anilines is 1. The molecular formula is C22H21BrClN3O3. The molecule has 3 aromatic carbocycles. The van der Waals surface area contributed by atoms with E-state index in [0.717, 1.165) is 10.8 Å². The minimum absolute atomic E-state index is 0. The normalized spacial score (nSPS) is 10.2. The predicted octanol–water partition coefficient (Wildman–Crippen LogP) is 3.92. The van der Waals surface area contributed by atoms with Crippen LogP contribution in [0.15, 0.2) is 65.1 Å². The minimum Gasteiger partial charge on any atom is -0.349 e. The van der Waals surface area contributed by atoms with E-state index in [9.17, 15) is 14.4 Å². The van der Waals surface area contributed by atoms with E-state index < -0.39 is 11.7 Å². The van der Waals surface area contributed by atoms with Gasteiger partial charge >= 0.3 is 0 Å². The molecule has 3 rings (SSSR count). The number of carbonyl (C=O) groups is 3. The van der Waals surface area contributed by atoms with Gasteiger partial charge in [-0.05, 0) is 54.1 Å². The first-order valence-electron chi connectivity index (χ1n) is 9.12. The van der Waals surface area contributed by atoms with Crippen molar-refractivity contribution in [2.24, 2.45) is 5.73 Å². The van der Waals surface area contributed by atoms with Crippen LogP contribution >= 0.6 is 28.3 Å². The van der Waals surface area contributed by atoms with E-state index in [1.165, 1.54) is 6.07 Å². The SMILES string of the molecule is Cl.NCCCNC(=O)C(=O)c1cc(Br)ccc1NC(=O)c1ccc2ccccc2c1. The number of hydrogen-bond acceptors (Lipinski definition) is 4. The molecule has 4 N–H and O–H groups in total. The third-order valence-electron chi connectivity index (χ3n) is 4.36. The highest BCUT2D eigenvalue weighted by Crippen LogP contribution is 2.23. The van der Waals surface area contributed by atoms with Crippen LogP contribution in [0.2, 0.25) is 0 Å². The number of amides is 2. The van der Waals surface area contributed by atoms with Gasteiger partial charge in [0, 0.05) is 16.6 Å². The Kier molecular flexibility index (Phi) is 8.53. The number of nitrogens with two attached hydrogens (primary N) is 1. The second-order valence-corrected chi connectivity index (χ2v) is 7.35. The van der Waals surface area contributed by atoms with E-state index in [1.54, 1.807) is 24.3 Å². The number of Topliss-reactive ketones (excluding diaryl/α,β-unsaturated/α-hetero) is 1. The van der Waals surface area contributed by atoms with Crippen molar-refractivity contribution in [3.8, 4) is 0 Å². The smallest absolute Gasteiger partial charge is 0.292 e. The van der Waals surface area contributed by atoms with Crippen molar-refractivity contribution in [3.05, 3.63) is 76.3 Å². The Bertz CT molecular complexity index is 1090. The second-order valence-electron chi connectivity index (χ2n) is 6.43. The third-order valence-corrected chi connectivity index (χ3v) is 4.85. The number of benzene rings is 3. The lowest BCUT2D eigenvalue weighted by atomic mass is 10.1. The average molecular weight is 491 g/mol. The predicted molar refractivity (Wildman–Crippen MR) is 124 cm³/mol. The van der Waals surface area contributed by atoms with Gasteiger partial charge in [0.2, 0.25) is 0 Å². The summed E-state index contributed by atoms with van der Waals surface area (Å²) in [5.41, 5.74) is 6.24. The van der Waals surface area contributed by atoms with E-state index >= 15 is 0 Å². The molecule has 0 aliphatic rings. The fourth-order valence-corrected chi connectivity index (χ4v) is 3.21. The average Bonchev–Trinajstić information content (AvgIpc) is 2.74. The van der Waals surface area contributed by atoms with Crippen LogP contribution in [0.5, 0.6) is 0 Å². The number of halogens is 2. The molecule has 0 spiro atoms. The molecule has 0 aliphatic carbocycles. The Hall–Kier alpha value is -2.74. The van der Waals surface area contributed by atoms with Gasteiger partial charge in [0.1, 0.15) is 0 Å². The van der Waals surface area contributed by atoms with Gasteiger partial charge in [-0.1, -0.05) is 46.3 Å². The van der Waals surface area contributed by atoms with Crippen LogP contribution in [0.3, 0.4) is 0 Å². The lowest BCUT2D eigenvalue weighted by Crippen LogP contribution is -2.33. The van der Waals surface area contributed by atoms with Crippen LogP contribution in [0.4, 0.5) is 5.69 Å². The van der Waals surface area contributed by atoms with Crippen molar-refractivity contribution >= 4 is 62.4 Å². The maximum atomic E-state index is 12.7. The Labute approximate surface area is 188 Å². The van der Waals surface area contributed by atoms with Crippen LogP contribution in [-0.2, 0) is 4.79 Å². The van der Waals surface area contributed by atoms with E-state index in [2.05, 4.69) is 26.6 Å².